The van der Waals surface area contributed by atoms with Gasteiger partial charge in [0.05, 0.1) is 23.8 Å². The van der Waals surface area contributed by atoms with Gasteiger partial charge in [0.2, 0.25) is 0 Å². The summed E-state index contributed by atoms with van der Waals surface area (Å²) in [6, 6.07) is 0. The first-order valence-corrected chi connectivity index (χ1v) is 7.32. The molecule has 1 fully saturated rings. The van der Waals surface area contributed by atoms with Gasteiger partial charge >= 0.3 is 0 Å². The highest BCUT2D eigenvalue weighted by molar-refractivity contribution is 7.19. The summed E-state index contributed by atoms with van der Waals surface area (Å²) in [4.78, 5) is 14.5. The molecule has 0 saturated carbocycles. The lowest BCUT2D eigenvalue weighted by molar-refractivity contribution is 0.0992. The Hall–Kier alpha value is -1.27. The van der Waals surface area contributed by atoms with Crippen LogP contribution in [-0.2, 0) is 0 Å². The zero-order chi connectivity index (χ0) is 14.0. The van der Waals surface area contributed by atoms with Crippen LogP contribution in [0, 0.1) is 0 Å². The highest BCUT2D eigenvalue weighted by atomic mass is 32.1. The van der Waals surface area contributed by atoms with Crippen LogP contribution in [0.2, 0.25) is 0 Å². The van der Waals surface area contributed by atoms with Gasteiger partial charge in [-0.3, -0.25) is 4.79 Å². The van der Waals surface area contributed by atoms with E-state index in [0.29, 0.717) is 29.3 Å². The maximum Gasteiger partial charge on any atom is 0.177 e. The van der Waals surface area contributed by atoms with Gasteiger partial charge in [0.15, 0.2) is 11.5 Å². The van der Waals surface area contributed by atoms with Crippen LogP contribution < -0.4 is 15.4 Å². The first-order valence-electron chi connectivity index (χ1n) is 6.50. The Morgan fingerprint density at radius 1 is 1.63 bits per heavy atom. The maximum atomic E-state index is 11.9. The Labute approximate surface area is 117 Å². The Bertz CT molecular complexity index is 473. The van der Waals surface area contributed by atoms with Crippen LogP contribution in [0.1, 0.15) is 35.9 Å². The normalized spacial score (nSPS) is 19.5. The number of ketones is 1. The van der Waals surface area contributed by atoms with E-state index in [1.807, 2.05) is 6.92 Å². The van der Waals surface area contributed by atoms with Crippen LogP contribution in [0.15, 0.2) is 0 Å². The van der Waals surface area contributed by atoms with Crippen LogP contribution in [0.4, 0.5) is 10.7 Å². The summed E-state index contributed by atoms with van der Waals surface area (Å²) in [7, 11) is 1.56. The van der Waals surface area contributed by atoms with E-state index in [4.69, 9.17) is 10.5 Å². The van der Waals surface area contributed by atoms with Crippen molar-refractivity contribution < 1.29 is 14.6 Å². The maximum absolute atomic E-state index is 11.9. The van der Waals surface area contributed by atoms with Crippen molar-refractivity contribution in [3.05, 3.63) is 4.88 Å². The van der Waals surface area contributed by atoms with Gasteiger partial charge in [-0.2, -0.15) is 0 Å². The number of thiophene rings is 1. The van der Waals surface area contributed by atoms with Crippen molar-refractivity contribution in [1.82, 2.24) is 0 Å². The lowest BCUT2D eigenvalue weighted by Gasteiger charge is -2.31. The van der Waals surface area contributed by atoms with Crippen molar-refractivity contribution in [3.8, 4) is 5.75 Å². The number of Topliss-reactive ketones (excluding diaryl/α,β-unsaturated/α-hetero) is 1. The molecular weight excluding hydrogens is 264 g/mol. The van der Waals surface area contributed by atoms with Gasteiger partial charge in [-0.05, 0) is 12.8 Å². The Morgan fingerprint density at radius 2 is 2.37 bits per heavy atom. The average Bonchev–Trinajstić information content (AvgIpc) is 2.75. The molecule has 0 amide bonds. The number of nitrogens with zero attached hydrogens (tertiary/aromatic N) is 1. The van der Waals surface area contributed by atoms with Gasteiger partial charge in [0.1, 0.15) is 5.00 Å². The third-order valence-electron chi connectivity index (χ3n) is 3.34. The molecule has 1 aromatic rings. The standard InChI is InChI=1S/C13H20N2O3S/c1-3-9(17)12-10(14)11(18-2)13(19-12)15-6-4-5-8(16)7-15/h8,16H,3-7,14H2,1-2H3. The predicted molar refractivity (Wildman–Crippen MR) is 77.4 cm³/mol. The number of hydrogen-bond donors (Lipinski definition) is 2. The number of rotatable bonds is 4. The van der Waals surface area contributed by atoms with E-state index in [-0.39, 0.29) is 11.9 Å². The minimum absolute atomic E-state index is 0.0320. The summed E-state index contributed by atoms with van der Waals surface area (Å²) in [6.45, 7) is 3.24. The van der Waals surface area contributed by atoms with E-state index in [1.54, 1.807) is 7.11 Å². The lowest BCUT2D eigenvalue weighted by atomic mass is 10.1. The van der Waals surface area contributed by atoms with Crippen molar-refractivity contribution in [3.63, 3.8) is 0 Å². The van der Waals surface area contributed by atoms with Gasteiger partial charge in [-0.25, -0.2) is 0 Å². The van der Waals surface area contributed by atoms with Gasteiger partial charge in [0.25, 0.3) is 0 Å². The molecule has 19 heavy (non-hydrogen) atoms. The molecule has 1 aliphatic rings. The number of hydrogen-bond acceptors (Lipinski definition) is 6. The molecule has 2 heterocycles. The molecule has 5 nitrogen and oxygen atoms in total. The fourth-order valence-electron chi connectivity index (χ4n) is 2.33. The lowest BCUT2D eigenvalue weighted by Crippen LogP contribution is -2.37. The van der Waals surface area contributed by atoms with Crippen LogP contribution in [-0.4, -0.2) is 37.2 Å². The number of nitrogen functional groups attached to an aromatic ring is 1. The van der Waals surface area contributed by atoms with Crippen LogP contribution in [0.3, 0.4) is 0 Å². The predicted octanol–water partition coefficient (Wildman–Crippen LogP) is 1.89. The van der Waals surface area contributed by atoms with Crippen molar-refractivity contribution in [2.45, 2.75) is 32.3 Å². The number of carbonyl (C=O) groups excluding carboxylic acids is 1. The molecule has 1 aromatic heterocycles. The zero-order valence-electron chi connectivity index (χ0n) is 11.3. The number of methoxy groups -OCH3 is 1. The minimum atomic E-state index is -0.327. The monoisotopic (exact) mass is 284 g/mol. The number of aliphatic hydroxyl groups excluding tert-OH is 1. The van der Waals surface area contributed by atoms with Crippen LogP contribution in [0.25, 0.3) is 0 Å². The fraction of sp³-hybridized carbons (Fsp3) is 0.615. The Morgan fingerprint density at radius 3 is 2.95 bits per heavy atom. The molecule has 2 rings (SSSR count). The summed E-state index contributed by atoms with van der Waals surface area (Å²) in [5, 5.41) is 10.6. The number of piperidine rings is 1. The van der Waals surface area contributed by atoms with Gasteiger partial charge in [-0.1, -0.05) is 6.92 Å². The number of nitrogens with two attached hydrogens (primary N) is 1. The summed E-state index contributed by atoms with van der Waals surface area (Å²) in [6.07, 6.45) is 1.85. The summed E-state index contributed by atoms with van der Waals surface area (Å²) in [5.41, 5.74) is 6.43. The average molecular weight is 284 g/mol. The minimum Gasteiger partial charge on any atom is -0.492 e. The van der Waals surface area contributed by atoms with E-state index >= 15 is 0 Å². The zero-order valence-corrected chi connectivity index (χ0v) is 12.1. The second kappa shape index (κ2) is 5.79. The molecule has 0 spiro atoms. The molecule has 106 valence electrons. The smallest absolute Gasteiger partial charge is 0.177 e. The molecule has 1 aliphatic heterocycles. The number of carbonyl (C=O) groups is 1. The van der Waals surface area contributed by atoms with Crippen LogP contribution in [0.5, 0.6) is 5.75 Å². The van der Waals surface area contributed by atoms with Crippen LogP contribution >= 0.6 is 11.3 Å². The quantitative estimate of drug-likeness (QED) is 0.826. The second-order valence-corrected chi connectivity index (χ2v) is 5.70. The Balaban J connectivity index is 2.36. The third kappa shape index (κ3) is 2.69. The van der Waals surface area contributed by atoms with Crippen molar-refractivity contribution in [2.24, 2.45) is 0 Å². The van der Waals surface area contributed by atoms with Crippen molar-refractivity contribution in [1.29, 1.82) is 0 Å². The molecule has 6 heteroatoms. The number of anilines is 2. The Kier molecular flexibility index (Phi) is 4.31. The van der Waals surface area contributed by atoms with E-state index in [2.05, 4.69) is 4.90 Å². The SMILES string of the molecule is CCC(=O)c1sc(N2CCCC(O)C2)c(OC)c1N. The highest BCUT2D eigenvalue weighted by Gasteiger charge is 2.27. The topological polar surface area (TPSA) is 75.8 Å². The van der Waals surface area contributed by atoms with Crippen molar-refractivity contribution in [2.75, 3.05) is 30.8 Å². The summed E-state index contributed by atoms with van der Waals surface area (Å²) < 4.78 is 5.35. The summed E-state index contributed by atoms with van der Waals surface area (Å²) >= 11 is 1.37. The third-order valence-corrected chi connectivity index (χ3v) is 4.63. The van der Waals surface area contributed by atoms with E-state index in [9.17, 15) is 9.90 Å². The largest absolute Gasteiger partial charge is 0.492 e. The van der Waals surface area contributed by atoms with Crippen molar-refractivity contribution >= 4 is 27.8 Å². The highest BCUT2D eigenvalue weighted by Crippen LogP contribution is 2.45. The first kappa shape index (κ1) is 14.1. The van der Waals surface area contributed by atoms with E-state index < -0.39 is 0 Å². The molecule has 1 saturated heterocycles. The molecule has 0 aromatic carbocycles. The van der Waals surface area contributed by atoms with Gasteiger partial charge in [-0.15, -0.1) is 11.3 Å². The second-order valence-electron chi connectivity index (χ2n) is 4.70. The first-order chi connectivity index (χ1) is 9.08. The van der Waals surface area contributed by atoms with Gasteiger partial charge < -0.3 is 20.5 Å². The molecule has 1 atom stereocenters. The number of ether oxygens (including phenoxy) is 1. The molecule has 0 radical (unpaired) electrons. The number of β-amino-alcohol motifs (C(OH)–C–C–N with tert-alkyl or cyclic N) is 1. The summed E-state index contributed by atoms with van der Waals surface area (Å²) in [5.74, 6) is 0.598. The fourth-order valence-corrected chi connectivity index (χ4v) is 3.56. The molecule has 3 N–H and O–H groups in total. The molecule has 0 aliphatic carbocycles. The molecular formula is C13H20N2O3S. The van der Waals surface area contributed by atoms with E-state index in [0.717, 1.165) is 24.4 Å². The van der Waals surface area contributed by atoms with E-state index in [1.165, 1.54) is 11.3 Å². The molecule has 0 bridgehead atoms. The number of aliphatic hydroxyl groups is 1. The van der Waals surface area contributed by atoms with Gasteiger partial charge in [0, 0.05) is 19.5 Å². The molecule has 1 unspecified atom stereocenters.